The summed E-state index contributed by atoms with van der Waals surface area (Å²) in [5.74, 6) is -0.403. The number of halogens is 1. The maximum atomic E-state index is 14.2. The van der Waals surface area contributed by atoms with Crippen molar-refractivity contribution in [2.24, 2.45) is 5.73 Å². The third kappa shape index (κ3) is 3.00. The molecule has 100 valence electrons. The molecule has 0 saturated carbocycles. The number of nitrogens with two attached hydrogens (primary N) is 1. The molecular weight excluding hydrogens is 241 g/mol. The lowest BCUT2D eigenvalue weighted by molar-refractivity contribution is 0.0467. The van der Waals surface area contributed by atoms with E-state index in [9.17, 15) is 9.50 Å². The quantitative estimate of drug-likeness (QED) is 0.886. The van der Waals surface area contributed by atoms with Crippen LogP contribution in [0.3, 0.4) is 0 Å². The zero-order valence-electron chi connectivity index (χ0n) is 10.9. The molecule has 2 nitrogen and oxygen atoms in total. The Labute approximate surface area is 112 Å². The number of hydrogen-bond donors (Lipinski definition) is 2. The molecule has 0 saturated heterocycles. The molecule has 3 N–H and O–H groups in total. The number of hydrogen-bond acceptors (Lipinski definition) is 2. The maximum absolute atomic E-state index is 14.2. The van der Waals surface area contributed by atoms with Crippen LogP contribution in [0.4, 0.5) is 4.39 Å². The second-order valence-electron chi connectivity index (χ2n) is 4.87. The van der Waals surface area contributed by atoms with Gasteiger partial charge >= 0.3 is 0 Å². The van der Waals surface area contributed by atoms with Crippen LogP contribution in [-0.4, -0.2) is 11.7 Å². The molecule has 1 unspecified atom stereocenters. The first kappa shape index (κ1) is 13.7. The average molecular weight is 259 g/mol. The molecule has 0 spiro atoms. The van der Waals surface area contributed by atoms with E-state index in [1.165, 1.54) is 6.07 Å². The van der Waals surface area contributed by atoms with Gasteiger partial charge in [-0.15, -0.1) is 0 Å². The van der Waals surface area contributed by atoms with Gasteiger partial charge in [0.25, 0.3) is 0 Å². The van der Waals surface area contributed by atoms with Crippen LogP contribution in [0.1, 0.15) is 18.9 Å². The Morgan fingerprint density at radius 2 is 1.79 bits per heavy atom. The highest BCUT2D eigenvalue weighted by Gasteiger charge is 2.25. The summed E-state index contributed by atoms with van der Waals surface area (Å²) in [7, 11) is 0. The highest BCUT2D eigenvalue weighted by atomic mass is 19.1. The lowest BCUT2D eigenvalue weighted by Crippen LogP contribution is -2.26. The Balaban J connectivity index is 2.38. The van der Waals surface area contributed by atoms with Gasteiger partial charge in [-0.2, -0.15) is 0 Å². The van der Waals surface area contributed by atoms with E-state index < -0.39 is 11.4 Å². The lowest BCUT2D eigenvalue weighted by atomic mass is 9.90. The van der Waals surface area contributed by atoms with E-state index in [4.69, 9.17) is 5.73 Å². The molecule has 0 aliphatic heterocycles. The van der Waals surface area contributed by atoms with Gasteiger partial charge in [-0.05, 0) is 37.1 Å². The Morgan fingerprint density at radius 3 is 2.37 bits per heavy atom. The summed E-state index contributed by atoms with van der Waals surface area (Å²) in [6.07, 6.45) is 0.328. The summed E-state index contributed by atoms with van der Waals surface area (Å²) in [4.78, 5) is 0. The van der Waals surface area contributed by atoms with Crippen molar-refractivity contribution in [3.05, 3.63) is 59.9 Å². The Hall–Kier alpha value is -1.71. The summed E-state index contributed by atoms with van der Waals surface area (Å²) in [6.45, 7) is 1.90. The monoisotopic (exact) mass is 259 g/mol. The molecule has 2 aromatic rings. The fourth-order valence-electron chi connectivity index (χ4n) is 2.18. The molecule has 3 heteroatoms. The topological polar surface area (TPSA) is 46.2 Å². The molecule has 0 amide bonds. The summed E-state index contributed by atoms with van der Waals surface area (Å²) in [6, 6.07) is 14.5. The van der Waals surface area contributed by atoms with Gasteiger partial charge in [-0.3, -0.25) is 0 Å². The van der Waals surface area contributed by atoms with Gasteiger partial charge in [0.1, 0.15) is 5.82 Å². The lowest BCUT2D eigenvalue weighted by Gasteiger charge is -2.24. The molecule has 2 rings (SSSR count). The molecule has 0 aliphatic rings. The van der Waals surface area contributed by atoms with Crippen molar-refractivity contribution in [2.45, 2.75) is 18.9 Å². The van der Waals surface area contributed by atoms with Crippen LogP contribution in [0.2, 0.25) is 0 Å². The van der Waals surface area contributed by atoms with Crippen LogP contribution in [0.25, 0.3) is 11.1 Å². The number of benzene rings is 2. The fourth-order valence-corrected chi connectivity index (χ4v) is 2.18. The molecule has 2 aromatic carbocycles. The maximum Gasteiger partial charge on any atom is 0.129 e. The molecule has 0 fully saturated rings. The summed E-state index contributed by atoms with van der Waals surface area (Å²) < 4.78 is 14.2. The number of aliphatic hydroxyl groups is 1. The molecule has 1 atom stereocenters. The van der Waals surface area contributed by atoms with E-state index in [2.05, 4.69) is 0 Å². The Bertz CT molecular complexity index is 552. The van der Waals surface area contributed by atoms with E-state index in [0.29, 0.717) is 13.0 Å². The predicted octanol–water partition coefficient (Wildman–Crippen LogP) is 3.05. The third-order valence-electron chi connectivity index (χ3n) is 3.29. The van der Waals surface area contributed by atoms with Crippen molar-refractivity contribution in [3.8, 4) is 11.1 Å². The van der Waals surface area contributed by atoms with Crippen molar-refractivity contribution in [1.82, 2.24) is 0 Å². The molecular formula is C16H18FNO. The molecule has 0 aromatic heterocycles. The second kappa shape index (κ2) is 5.51. The minimum absolute atomic E-state index is 0.289. The van der Waals surface area contributed by atoms with Gasteiger partial charge in [0.15, 0.2) is 0 Å². The predicted molar refractivity (Wildman–Crippen MR) is 75.1 cm³/mol. The van der Waals surface area contributed by atoms with Crippen LogP contribution >= 0.6 is 0 Å². The fraction of sp³-hybridized carbons (Fsp3) is 0.250. The van der Waals surface area contributed by atoms with Crippen molar-refractivity contribution < 1.29 is 9.50 Å². The van der Waals surface area contributed by atoms with E-state index in [0.717, 1.165) is 11.1 Å². The normalized spacial score (nSPS) is 14.1. The van der Waals surface area contributed by atoms with Crippen molar-refractivity contribution in [1.29, 1.82) is 0 Å². The molecule has 0 radical (unpaired) electrons. The molecule has 19 heavy (non-hydrogen) atoms. The summed E-state index contributed by atoms with van der Waals surface area (Å²) in [5.41, 5.74) is 6.25. The standard InChI is InChI=1S/C16H18FNO/c1-16(19,9-10-18)14-8-7-13(11-15(14)17)12-5-3-2-4-6-12/h2-8,11,19H,9-10,18H2,1H3. The van der Waals surface area contributed by atoms with Gasteiger partial charge in [0.05, 0.1) is 5.60 Å². The second-order valence-corrected chi connectivity index (χ2v) is 4.87. The first-order valence-corrected chi connectivity index (χ1v) is 6.32. The van der Waals surface area contributed by atoms with Crippen molar-refractivity contribution >= 4 is 0 Å². The van der Waals surface area contributed by atoms with Crippen LogP contribution in [0, 0.1) is 5.82 Å². The Morgan fingerprint density at radius 1 is 1.11 bits per heavy atom. The highest BCUT2D eigenvalue weighted by molar-refractivity contribution is 5.63. The first-order chi connectivity index (χ1) is 9.04. The van der Waals surface area contributed by atoms with Gasteiger partial charge in [0, 0.05) is 5.56 Å². The highest BCUT2D eigenvalue weighted by Crippen LogP contribution is 2.29. The minimum atomic E-state index is -1.23. The zero-order valence-corrected chi connectivity index (χ0v) is 10.9. The van der Waals surface area contributed by atoms with E-state index >= 15 is 0 Å². The average Bonchev–Trinajstić information content (AvgIpc) is 2.39. The van der Waals surface area contributed by atoms with Gasteiger partial charge in [-0.1, -0.05) is 42.5 Å². The third-order valence-corrected chi connectivity index (χ3v) is 3.29. The van der Waals surface area contributed by atoms with Gasteiger partial charge < -0.3 is 10.8 Å². The SMILES string of the molecule is CC(O)(CCN)c1ccc(-c2ccccc2)cc1F. The minimum Gasteiger partial charge on any atom is -0.385 e. The number of rotatable bonds is 4. The smallest absolute Gasteiger partial charge is 0.129 e. The Kier molecular flexibility index (Phi) is 3.98. The zero-order chi connectivity index (χ0) is 13.9. The van der Waals surface area contributed by atoms with Gasteiger partial charge in [0.2, 0.25) is 0 Å². The summed E-state index contributed by atoms with van der Waals surface area (Å²) in [5, 5.41) is 10.2. The first-order valence-electron chi connectivity index (χ1n) is 6.32. The largest absolute Gasteiger partial charge is 0.385 e. The molecule has 0 bridgehead atoms. The molecule has 0 heterocycles. The van der Waals surface area contributed by atoms with Crippen molar-refractivity contribution in [2.75, 3.05) is 6.54 Å². The van der Waals surface area contributed by atoms with Gasteiger partial charge in [-0.25, -0.2) is 4.39 Å². The van der Waals surface area contributed by atoms with Crippen LogP contribution in [0.15, 0.2) is 48.5 Å². The van der Waals surface area contributed by atoms with Crippen molar-refractivity contribution in [3.63, 3.8) is 0 Å². The summed E-state index contributed by atoms with van der Waals surface area (Å²) >= 11 is 0. The van der Waals surface area contributed by atoms with E-state index in [1.807, 2.05) is 36.4 Å². The van der Waals surface area contributed by atoms with E-state index in [1.54, 1.807) is 13.0 Å². The van der Waals surface area contributed by atoms with Crippen LogP contribution in [0.5, 0.6) is 0 Å². The van der Waals surface area contributed by atoms with E-state index in [-0.39, 0.29) is 5.56 Å². The van der Waals surface area contributed by atoms with Crippen LogP contribution < -0.4 is 5.73 Å². The molecule has 0 aliphatic carbocycles. The van der Waals surface area contributed by atoms with Crippen LogP contribution in [-0.2, 0) is 5.60 Å².